The fourth-order valence-corrected chi connectivity index (χ4v) is 1.74. The minimum absolute atomic E-state index is 0. The molecule has 0 radical (unpaired) electrons. The zero-order valence-corrected chi connectivity index (χ0v) is 12.2. The summed E-state index contributed by atoms with van der Waals surface area (Å²) < 4.78 is 6.72. The second-order valence-corrected chi connectivity index (χ2v) is 4.18. The molecule has 0 atom stereocenters. The van der Waals surface area contributed by atoms with Crippen molar-refractivity contribution in [1.29, 1.82) is 0 Å². The van der Waals surface area contributed by atoms with Gasteiger partial charge in [-0.15, -0.1) is 0 Å². The van der Waals surface area contributed by atoms with E-state index in [1.165, 1.54) is 13.2 Å². The van der Waals surface area contributed by atoms with Gasteiger partial charge in [-0.1, -0.05) is 6.07 Å². The molecule has 0 bridgehead atoms. The van der Waals surface area contributed by atoms with Crippen LogP contribution >= 0.6 is 0 Å². The highest BCUT2D eigenvalue weighted by Crippen LogP contribution is 2.26. The number of pyridine rings is 1. The molecule has 1 amide bonds. The van der Waals surface area contributed by atoms with Gasteiger partial charge in [0.05, 0.1) is 18.5 Å². The van der Waals surface area contributed by atoms with Gasteiger partial charge in [0.25, 0.3) is 0 Å². The van der Waals surface area contributed by atoms with E-state index in [0.717, 1.165) is 0 Å². The number of hydrogen-bond acceptors (Lipinski definition) is 4. The Balaban J connectivity index is 0.00000220. The molecule has 3 N–H and O–H groups in total. The van der Waals surface area contributed by atoms with Crippen LogP contribution < -0.4 is 32.5 Å². The number of amides is 1. The van der Waals surface area contributed by atoms with Crippen molar-refractivity contribution in [2.24, 2.45) is 0 Å². The highest BCUT2D eigenvalue weighted by Gasteiger charge is 2.18. The molecule has 0 unspecified atom stereocenters. The summed E-state index contributed by atoms with van der Waals surface area (Å²) in [6, 6.07) is 10.1. The summed E-state index contributed by atoms with van der Waals surface area (Å²) in [6.45, 7) is 0.0318. The van der Waals surface area contributed by atoms with Crippen molar-refractivity contribution < 1.29 is 31.7 Å². The molecule has 0 saturated carbocycles. The lowest BCUT2D eigenvalue weighted by Gasteiger charge is -2.15. The maximum absolute atomic E-state index is 12.0. The largest absolute Gasteiger partial charge is 1.00 e. The third-order valence-corrected chi connectivity index (χ3v) is 2.79. The van der Waals surface area contributed by atoms with Crippen molar-refractivity contribution >= 4 is 17.3 Å². The molecule has 0 spiro atoms. The number of benzene rings is 1. The molecule has 112 valence electrons. The zero-order valence-electron chi connectivity index (χ0n) is 11.4. The predicted octanol–water partition coefficient (Wildman–Crippen LogP) is -2.01. The van der Waals surface area contributed by atoms with E-state index >= 15 is 0 Å². The number of rotatable bonds is 4. The Kier molecular flexibility index (Phi) is 5.95. The Morgan fingerprint density at radius 1 is 1.33 bits per heavy atom. The molecular weight excluding hydrogens is 294 g/mol. The van der Waals surface area contributed by atoms with Gasteiger partial charge in [-0.3, -0.25) is 10.0 Å². The van der Waals surface area contributed by atoms with Crippen LogP contribution in [0.25, 0.3) is 0 Å². The number of methoxy groups -OCH3 is 1. The molecule has 7 heteroatoms. The lowest BCUT2D eigenvalue weighted by atomic mass is 10.2. The Morgan fingerprint density at radius 2 is 2.00 bits per heavy atom. The fraction of sp³-hybridized carbons (Fsp3) is 0.143. The smallest absolute Gasteiger partial charge is 0.316 e. The second-order valence-electron chi connectivity index (χ2n) is 4.18. The number of hydroxylamine groups is 1. The summed E-state index contributed by atoms with van der Waals surface area (Å²) in [4.78, 5) is 12.0. The van der Waals surface area contributed by atoms with Crippen molar-refractivity contribution in [3.05, 3.63) is 48.8 Å². The third kappa shape index (κ3) is 4.08. The molecule has 0 aliphatic heterocycles. The van der Waals surface area contributed by atoms with E-state index in [2.05, 4.69) is 0 Å². The van der Waals surface area contributed by atoms with Gasteiger partial charge in [-0.25, -0.2) is 0 Å². The van der Waals surface area contributed by atoms with Crippen molar-refractivity contribution in [3.63, 3.8) is 0 Å². The first-order chi connectivity index (χ1) is 9.61. The van der Waals surface area contributed by atoms with E-state index in [-0.39, 0.29) is 19.0 Å². The molecule has 6 nitrogen and oxygen atoms in total. The predicted molar refractivity (Wildman–Crippen MR) is 73.3 cm³/mol. The molecule has 21 heavy (non-hydrogen) atoms. The average Bonchev–Trinajstić information content (AvgIpc) is 2.48. The molecule has 0 aliphatic rings. The number of carbonyl (C=O) groups excluding carboxylic acids is 1. The Bertz CT molecular complexity index is 608. The molecule has 1 aromatic heterocycles. The molecule has 0 fully saturated rings. The summed E-state index contributed by atoms with van der Waals surface area (Å²) >= 11 is 0. The van der Waals surface area contributed by atoms with Gasteiger partial charge in [0.1, 0.15) is 5.75 Å². The van der Waals surface area contributed by atoms with Crippen molar-refractivity contribution in [2.45, 2.75) is 6.54 Å². The zero-order chi connectivity index (χ0) is 14.5. The fourth-order valence-electron chi connectivity index (χ4n) is 1.74. The number of halogens is 1. The Morgan fingerprint density at radius 3 is 2.62 bits per heavy atom. The molecule has 0 saturated heterocycles. The van der Waals surface area contributed by atoms with Crippen LogP contribution in [0.5, 0.6) is 5.75 Å². The number of aromatic nitrogens is 1. The maximum atomic E-state index is 12.0. The number of nitrogens with two attached hydrogens (primary N) is 1. The topological polar surface area (TPSA) is 79.7 Å². The van der Waals surface area contributed by atoms with E-state index in [9.17, 15) is 10.0 Å². The van der Waals surface area contributed by atoms with E-state index < -0.39 is 5.91 Å². The summed E-state index contributed by atoms with van der Waals surface area (Å²) in [5, 5.41) is 10.5. The number of carbonyl (C=O) groups is 1. The van der Waals surface area contributed by atoms with Crippen LogP contribution in [0.2, 0.25) is 0 Å². The van der Waals surface area contributed by atoms with Gasteiger partial charge in [0.15, 0.2) is 12.4 Å². The van der Waals surface area contributed by atoms with Crippen LogP contribution in [-0.2, 0) is 11.3 Å². The lowest BCUT2D eigenvalue weighted by Crippen LogP contribution is -3.00. The van der Waals surface area contributed by atoms with Crippen LogP contribution in [0.15, 0.2) is 48.8 Å². The SMILES string of the molecule is COc1cc(N(O)C(=O)C[n+]2ccccc2)ccc1N.[Cl-]. The van der Waals surface area contributed by atoms with E-state index in [1.54, 1.807) is 41.2 Å². The first-order valence-electron chi connectivity index (χ1n) is 6.01. The molecule has 0 aliphatic carbocycles. The Hall–Kier alpha value is -2.31. The average molecular weight is 310 g/mol. The summed E-state index contributed by atoms with van der Waals surface area (Å²) in [5.41, 5.74) is 6.43. The summed E-state index contributed by atoms with van der Waals surface area (Å²) in [6.07, 6.45) is 3.49. The van der Waals surface area contributed by atoms with Gasteiger partial charge >= 0.3 is 5.91 Å². The van der Waals surface area contributed by atoms with Crippen LogP contribution in [0.4, 0.5) is 11.4 Å². The Labute approximate surface area is 128 Å². The summed E-state index contributed by atoms with van der Waals surface area (Å²) in [5.74, 6) is -0.0604. The number of nitrogens with zero attached hydrogens (tertiary/aromatic N) is 2. The van der Waals surface area contributed by atoms with Crippen LogP contribution in [0.3, 0.4) is 0 Å². The van der Waals surface area contributed by atoms with Crippen LogP contribution in [-0.4, -0.2) is 18.2 Å². The lowest BCUT2D eigenvalue weighted by molar-refractivity contribution is -0.684. The molecular formula is C14H16ClN3O3. The standard InChI is InChI=1S/C14H16N3O3.ClH/c1-20-13-9-11(5-6-12(13)15)17(19)14(18)10-16-7-3-2-4-8-16;/h2-9,19H,10,15H2,1H3;1H/q+1;/p-1. The van der Waals surface area contributed by atoms with E-state index in [0.29, 0.717) is 22.2 Å². The highest BCUT2D eigenvalue weighted by molar-refractivity contribution is 5.90. The molecule has 1 heterocycles. The maximum Gasteiger partial charge on any atom is 0.316 e. The van der Waals surface area contributed by atoms with E-state index in [1.807, 2.05) is 6.07 Å². The van der Waals surface area contributed by atoms with Gasteiger partial charge in [0.2, 0.25) is 6.54 Å². The van der Waals surface area contributed by atoms with Crippen LogP contribution in [0, 0.1) is 0 Å². The second kappa shape index (κ2) is 7.47. The van der Waals surface area contributed by atoms with Crippen molar-refractivity contribution in [2.75, 3.05) is 17.9 Å². The van der Waals surface area contributed by atoms with Crippen molar-refractivity contribution in [3.8, 4) is 5.75 Å². The van der Waals surface area contributed by atoms with Gasteiger partial charge in [-0.2, -0.15) is 9.63 Å². The van der Waals surface area contributed by atoms with Gasteiger partial charge in [0, 0.05) is 18.2 Å². The molecule has 1 aromatic carbocycles. The first-order valence-corrected chi connectivity index (χ1v) is 6.01. The molecule has 2 rings (SSSR count). The third-order valence-electron chi connectivity index (χ3n) is 2.79. The number of hydrogen-bond donors (Lipinski definition) is 2. The van der Waals surface area contributed by atoms with Crippen LogP contribution in [0.1, 0.15) is 0 Å². The van der Waals surface area contributed by atoms with Gasteiger partial charge < -0.3 is 22.9 Å². The monoisotopic (exact) mass is 309 g/mol. The minimum atomic E-state index is -0.465. The minimum Gasteiger partial charge on any atom is -1.00 e. The highest BCUT2D eigenvalue weighted by atomic mass is 35.5. The first kappa shape index (κ1) is 16.7. The quantitative estimate of drug-likeness (QED) is 0.296. The normalized spacial score (nSPS) is 9.62. The molecule has 2 aromatic rings. The van der Waals surface area contributed by atoms with Gasteiger partial charge in [-0.05, 0) is 12.1 Å². The number of anilines is 2. The summed E-state index contributed by atoms with van der Waals surface area (Å²) in [7, 11) is 1.47. The van der Waals surface area contributed by atoms with Crippen molar-refractivity contribution in [1.82, 2.24) is 0 Å². The number of nitrogen functional groups attached to an aromatic ring is 1. The van der Waals surface area contributed by atoms with E-state index in [4.69, 9.17) is 10.5 Å². The number of ether oxygens (including phenoxy) is 1.